The van der Waals surface area contributed by atoms with E-state index in [1.807, 2.05) is 24.3 Å². The molecule has 0 spiro atoms. The Labute approximate surface area is 159 Å². The molecule has 0 aliphatic carbocycles. The highest BCUT2D eigenvalue weighted by molar-refractivity contribution is 7.62. The number of ether oxygens (including phenoxy) is 2. The van der Waals surface area contributed by atoms with E-state index in [1.54, 1.807) is 25.5 Å². The molecule has 0 aromatic heterocycles. The molecule has 7 nitrogen and oxygen atoms in total. The number of nitro benzene ring substituents is 1. The van der Waals surface area contributed by atoms with Crippen LogP contribution in [0.1, 0.15) is 12.0 Å². The highest BCUT2D eigenvalue weighted by atomic mass is 31.2. The summed E-state index contributed by atoms with van der Waals surface area (Å²) in [6, 6.07) is 12.3. The summed E-state index contributed by atoms with van der Waals surface area (Å²) in [7, 11) is -0.673. The number of nitro groups is 1. The molecule has 0 aliphatic heterocycles. The first-order valence-corrected chi connectivity index (χ1v) is 11.4. The third-order valence-electron chi connectivity index (χ3n) is 3.82. The lowest BCUT2D eigenvalue weighted by Crippen LogP contribution is -2.05. The van der Waals surface area contributed by atoms with E-state index >= 15 is 0 Å². The van der Waals surface area contributed by atoms with Crippen LogP contribution in [0.15, 0.2) is 42.5 Å². The van der Waals surface area contributed by atoms with Crippen molar-refractivity contribution in [2.24, 2.45) is 0 Å². The van der Waals surface area contributed by atoms with Gasteiger partial charge >= 0.3 is 0 Å². The number of nitrogens with one attached hydrogen (secondary N) is 1. The van der Waals surface area contributed by atoms with Gasteiger partial charge < -0.3 is 19.4 Å². The summed E-state index contributed by atoms with van der Waals surface area (Å²) in [5.74, 6) is 1.27. The van der Waals surface area contributed by atoms with Crippen LogP contribution in [0.5, 0.6) is 11.5 Å². The Balaban J connectivity index is 1.85. The fraction of sp³-hybridized carbons (Fsp3) is 0.368. The summed E-state index contributed by atoms with van der Waals surface area (Å²) in [4.78, 5) is 10.7. The third-order valence-corrected chi connectivity index (χ3v) is 4.57. The van der Waals surface area contributed by atoms with E-state index in [0.29, 0.717) is 23.7 Å². The Kier molecular flexibility index (Phi) is 7.25. The molecule has 0 amide bonds. The molecule has 0 saturated carbocycles. The second-order valence-electron chi connectivity index (χ2n) is 6.66. The minimum absolute atomic E-state index is 0.0291. The predicted octanol–water partition coefficient (Wildman–Crippen LogP) is 4.61. The molecule has 0 heterocycles. The van der Waals surface area contributed by atoms with Gasteiger partial charge in [0, 0.05) is 18.7 Å². The Hall–Kier alpha value is -2.53. The lowest BCUT2D eigenvalue weighted by molar-refractivity contribution is -0.384. The fourth-order valence-corrected chi connectivity index (χ4v) is 2.90. The van der Waals surface area contributed by atoms with Gasteiger partial charge in [-0.1, -0.05) is 12.1 Å². The summed E-state index contributed by atoms with van der Waals surface area (Å²) in [5, 5.41) is 14.2. The van der Waals surface area contributed by atoms with E-state index in [1.165, 1.54) is 13.2 Å². The molecule has 146 valence electrons. The molecule has 0 radical (unpaired) electrons. The Bertz CT molecular complexity index is 817. The number of anilines is 1. The smallest absolute Gasteiger partial charge is 0.292 e. The number of hydrogen-bond donors (Lipinski definition) is 1. The molecular formula is C19H25N2O5P. The summed E-state index contributed by atoms with van der Waals surface area (Å²) in [5.41, 5.74) is 1.62. The van der Waals surface area contributed by atoms with Crippen molar-refractivity contribution >= 4 is 18.5 Å². The van der Waals surface area contributed by atoms with E-state index < -0.39 is 12.1 Å². The molecule has 27 heavy (non-hydrogen) atoms. The molecule has 0 atom stereocenters. The summed E-state index contributed by atoms with van der Waals surface area (Å²) in [6.45, 7) is 3.99. The molecule has 2 aromatic rings. The Morgan fingerprint density at radius 2 is 1.78 bits per heavy atom. The van der Waals surface area contributed by atoms with Crippen molar-refractivity contribution < 1.29 is 19.0 Å². The van der Waals surface area contributed by atoms with Crippen LogP contribution in [0.4, 0.5) is 11.4 Å². The van der Waals surface area contributed by atoms with Gasteiger partial charge in [0.05, 0.1) is 12.0 Å². The molecule has 0 unspecified atom stereocenters. The van der Waals surface area contributed by atoms with E-state index in [0.717, 1.165) is 18.4 Å². The highest BCUT2D eigenvalue weighted by Crippen LogP contribution is 2.35. The first-order valence-electron chi connectivity index (χ1n) is 8.60. The second-order valence-corrected chi connectivity index (χ2v) is 10.1. The molecule has 2 rings (SSSR count). The molecule has 0 saturated heterocycles. The Morgan fingerprint density at radius 1 is 1.11 bits per heavy atom. The predicted molar refractivity (Wildman–Crippen MR) is 108 cm³/mol. The molecule has 1 N–H and O–H groups in total. The summed E-state index contributed by atoms with van der Waals surface area (Å²) in [6.07, 6.45) is 1.87. The van der Waals surface area contributed by atoms with Crippen molar-refractivity contribution in [3.63, 3.8) is 0 Å². The van der Waals surface area contributed by atoms with Crippen LogP contribution in [0.2, 0.25) is 0 Å². The van der Waals surface area contributed by atoms with Crippen LogP contribution in [0.3, 0.4) is 0 Å². The van der Waals surface area contributed by atoms with Gasteiger partial charge in [0.2, 0.25) is 0 Å². The zero-order chi connectivity index (χ0) is 19.9. The average molecular weight is 392 g/mol. The maximum Gasteiger partial charge on any atom is 0.292 e. The lowest BCUT2D eigenvalue weighted by Gasteiger charge is -2.11. The van der Waals surface area contributed by atoms with E-state index in [2.05, 4.69) is 5.32 Å². The molecular weight excluding hydrogens is 367 g/mol. The minimum Gasteiger partial charge on any atom is -0.497 e. The quantitative estimate of drug-likeness (QED) is 0.275. The maximum absolute atomic E-state index is 11.7. The average Bonchev–Trinajstić information content (AvgIpc) is 2.63. The van der Waals surface area contributed by atoms with Crippen molar-refractivity contribution in [1.82, 2.24) is 0 Å². The third kappa shape index (κ3) is 6.94. The lowest BCUT2D eigenvalue weighted by atomic mass is 10.1. The van der Waals surface area contributed by atoms with Gasteiger partial charge in [-0.15, -0.1) is 0 Å². The minimum atomic E-state index is -2.20. The normalized spacial score (nSPS) is 11.1. The first-order chi connectivity index (χ1) is 12.8. The first kappa shape index (κ1) is 20.8. The van der Waals surface area contributed by atoms with E-state index in [-0.39, 0.29) is 12.0 Å². The Morgan fingerprint density at radius 3 is 2.37 bits per heavy atom. The van der Waals surface area contributed by atoms with Crippen LogP contribution in [0, 0.1) is 10.1 Å². The SMILES string of the molecule is COc1ccc([N+](=O)[O-])c(NCCCc2ccc(OCP(C)(C)=O)cc2)c1. The van der Waals surface area contributed by atoms with E-state index in [9.17, 15) is 14.7 Å². The zero-order valence-corrected chi connectivity index (χ0v) is 16.7. The van der Waals surface area contributed by atoms with Gasteiger partial charge in [-0.2, -0.15) is 0 Å². The second kappa shape index (κ2) is 9.42. The van der Waals surface area contributed by atoms with Crippen LogP contribution < -0.4 is 14.8 Å². The number of aryl methyl sites for hydroxylation is 1. The zero-order valence-electron chi connectivity index (χ0n) is 15.8. The molecule has 8 heteroatoms. The standard InChI is InChI=1S/C19H25N2O5P/c1-25-17-10-11-19(21(22)23)18(13-17)20-12-4-5-15-6-8-16(9-7-15)26-14-27(2,3)24/h6-11,13,20H,4-5,12,14H2,1-3H3. The van der Waals surface area contributed by atoms with Gasteiger partial charge in [-0.25, -0.2) is 0 Å². The monoisotopic (exact) mass is 392 g/mol. The van der Waals surface area contributed by atoms with Gasteiger partial charge in [-0.05, 0) is 49.9 Å². The number of methoxy groups -OCH3 is 1. The van der Waals surface area contributed by atoms with Crippen LogP contribution in [-0.4, -0.2) is 38.3 Å². The van der Waals surface area contributed by atoms with Crippen molar-refractivity contribution in [2.75, 3.05) is 38.6 Å². The maximum atomic E-state index is 11.7. The van der Waals surface area contributed by atoms with Gasteiger partial charge in [0.15, 0.2) is 0 Å². The van der Waals surface area contributed by atoms with Crippen molar-refractivity contribution in [1.29, 1.82) is 0 Å². The van der Waals surface area contributed by atoms with Gasteiger partial charge in [0.25, 0.3) is 5.69 Å². The van der Waals surface area contributed by atoms with Crippen LogP contribution in [0.25, 0.3) is 0 Å². The number of rotatable bonds is 10. The van der Waals surface area contributed by atoms with Crippen LogP contribution in [-0.2, 0) is 11.0 Å². The summed E-state index contributed by atoms with van der Waals surface area (Å²) < 4.78 is 22.3. The molecule has 0 bridgehead atoms. The van der Waals surface area contributed by atoms with Crippen molar-refractivity contribution in [3.8, 4) is 11.5 Å². The summed E-state index contributed by atoms with van der Waals surface area (Å²) >= 11 is 0. The topological polar surface area (TPSA) is 90.7 Å². The fourth-order valence-electron chi connectivity index (χ4n) is 2.44. The highest BCUT2D eigenvalue weighted by Gasteiger charge is 2.14. The molecule has 2 aromatic carbocycles. The number of nitrogens with zero attached hydrogens (tertiary/aromatic N) is 1. The van der Waals surface area contributed by atoms with E-state index in [4.69, 9.17) is 9.47 Å². The number of hydrogen-bond acceptors (Lipinski definition) is 6. The molecule has 0 aliphatic rings. The largest absolute Gasteiger partial charge is 0.497 e. The van der Waals surface area contributed by atoms with Gasteiger partial charge in [0.1, 0.15) is 30.7 Å². The van der Waals surface area contributed by atoms with Crippen molar-refractivity contribution in [3.05, 3.63) is 58.1 Å². The van der Waals surface area contributed by atoms with Crippen molar-refractivity contribution in [2.45, 2.75) is 12.8 Å². The van der Waals surface area contributed by atoms with Crippen LogP contribution >= 0.6 is 7.14 Å². The number of benzene rings is 2. The van der Waals surface area contributed by atoms with Gasteiger partial charge in [-0.3, -0.25) is 10.1 Å². The molecule has 0 fully saturated rings.